The SMILES string of the molecule is O=C(NC(CO)c1ccco1)c1cccc(OC(F)(F)F)c1. The first-order valence-electron chi connectivity index (χ1n) is 6.20. The molecule has 0 aliphatic heterocycles. The summed E-state index contributed by atoms with van der Waals surface area (Å²) >= 11 is 0. The predicted molar refractivity (Wildman–Crippen MR) is 69.1 cm³/mol. The van der Waals surface area contributed by atoms with Gasteiger partial charge < -0.3 is 19.6 Å². The number of halogens is 3. The van der Waals surface area contributed by atoms with Crippen molar-refractivity contribution < 1.29 is 32.2 Å². The number of nitrogens with one attached hydrogen (secondary N) is 1. The average Bonchev–Trinajstić information content (AvgIpc) is 2.97. The Morgan fingerprint density at radius 2 is 2.09 bits per heavy atom. The molecule has 0 fully saturated rings. The van der Waals surface area contributed by atoms with Crippen molar-refractivity contribution in [3.8, 4) is 5.75 Å². The molecule has 8 heteroatoms. The quantitative estimate of drug-likeness (QED) is 0.890. The lowest BCUT2D eigenvalue weighted by molar-refractivity contribution is -0.274. The molecule has 0 saturated heterocycles. The van der Waals surface area contributed by atoms with Crippen molar-refractivity contribution in [2.24, 2.45) is 0 Å². The fourth-order valence-electron chi connectivity index (χ4n) is 1.77. The van der Waals surface area contributed by atoms with Crippen molar-refractivity contribution in [1.82, 2.24) is 5.32 Å². The van der Waals surface area contributed by atoms with E-state index < -0.39 is 30.7 Å². The summed E-state index contributed by atoms with van der Waals surface area (Å²) in [5.41, 5.74) is -0.0354. The molecule has 1 heterocycles. The summed E-state index contributed by atoms with van der Waals surface area (Å²) in [7, 11) is 0. The van der Waals surface area contributed by atoms with Crippen LogP contribution in [0.2, 0.25) is 0 Å². The van der Waals surface area contributed by atoms with E-state index in [1.807, 2.05) is 0 Å². The molecule has 118 valence electrons. The van der Waals surface area contributed by atoms with E-state index in [2.05, 4.69) is 10.1 Å². The molecule has 0 aliphatic rings. The van der Waals surface area contributed by atoms with Crippen LogP contribution in [0, 0.1) is 0 Å². The fourth-order valence-corrected chi connectivity index (χ4v) is 1.77. The minimum absolute atomic E-state index is 0.0354. The van der Waals surface area contributed by atoms with Crippen molar-refractivity contribution in [2.45, 2.75) is 12.4 Å². The van der Waals surface area contributed by atoms with E-state index in [4.69, 9.17) is 4.42 Å². The number of carbonyl (C=O) groups excluding carboxylic acids is 1. The van der Waals surface area contributed by atoms with Gasteiger partial charge in [0.05, 0.1) is 12.9 Å². The molecule has 0 bridgehead atoms. The van der Waals surface area contributed by atoms with Crippen LogP contribution in [0.15, 0.2) is 47.1 Å². The lowest BCUT2D eigenvalue weighted by atomic mass is 10.1. The number of aliphatic hydroxyl groups excluding tert-OH is 1. The minimum atomic E-state index is -4.84. The van der Waals surface area contributed by atoms with E-state index >= 15 is 0 Å². The third kappa shape index (κ3) is 4.26. The third-order valence-electron chi connectivity index (χ3n) is 2.70. The monoisotopic (exact) mass is 315 g/mol. The molecule has 0 aliphatic carbocycles. The maximum Gasteiger partial charge on any atom is 0.573 e. The molecule has 1 unspecified atom stereocenters. The van der Waals surface area contributed by atoms with E-state index in [0.717, 1.165) is 12.1 Å². The van der Waals surface area contributed by atoms with E-state index in [9.17, 15) is 23.1 Å². The zero-order valence-corrected chi connectivity index (χ0v) is 11.1. The number of ether oxygens (including phenoxy) is 1. The van der Waals surface area contributed by atoms with Gasteiger partial charge in [-0.05, 0) is 30.3 Å². The van der Waals surface area contributed by atoms with Gasteiger partial charge in [-0.15, -0.1) is 13.2 Å². The van der Waals surface area contributed by atoms with Gasteiger partial charge in [-0.3, -0.25) is 4.79 Å². The van der Waals surface area contributed by atoms with E-state index in [0.29, 0.717) is 5.76 Å². The average molecular weight is 315 g/mol. The number of amides is 1. The Labute approximate surface area is 123 Å². The summed E-state index contributed by atoms with van der Waals surface area (Å²) < 4.78 is 45.3. The Morgan fingerprint density at radius 3 is 2.68 bits per heavy atom. The zero-order chi connectivity index (χ0) is 16.2. The molecule has 22 heavy (non-hydrogen) atoms. The Kier molecular flexibility index (Phi) is 4.71. The van der Waals surface area contributed by atoms with E-state index in [1.165, 1.54) is 18.4 Å². The van der Waals surface area contributed by atoms with Crippen molar-refractivity contribution >= 4 is 5.91 Å². The van der Waals surface area contributed by atoms with Gasteiger partial charge in [0.2, 0.25) is 0 Å². The third-order valence-corrected chi connectivity index (χ3v) is 2.70. The van der Waals surface area contributed by atoms with Gasteiger partial charge in [-0.25, -0.2) is 0 Å². The Balaban J connectivity index is 2.10. The standard InChI is InChI=1S/C14H12F3NO4/c15-14(16,17)22-10-4-1-3-9(7-10)13(20)18-11(8-19)12-5-2-6-21-12/h1-7,11,19H,8H2,(H,18,20). The summed E-state index contributed by atoms with van der Waals surface area (Å²) in [6, 6.07) is 6.98. The van der Waals surface area contributed by atoms with Crippen molar-refractivity contribution in [2.75, 3.05) is 6.61 Å². The van der Waals surface area contributed by atoms with Crippen molar-refractivity contribution in [3.63, 3.8) is 0 Å². The second-order valence-corrected chi connectivity index (χ2v) is 4.30. The first-order valence-corrected chi connectivity index (χ1v) is 6.20. The molecule has 5 nitrogen and oxygen atoms in total. The number of aliphatic hydroxyl groups is 1. The van der Waals surface area contributed by atoms with Crippen LogP contribution in [0.25, 0.3) is 0 Å². The molecule has 0 spiro atoms. The maximum absolute atomic E-state index is 12.2. The smallest absolute Gasteiger partial charge is 0.467 e. The van der Waals surface area contributed by atoms with Crippen LogP contribution in [0.3, 0.4) is 0 Å². The molecule has 1 atom stereocenters. The highest BCUT2D eigenvalue weighted by Crippen LogP contribution is 2.23. The van der Waals surface area contributed by atoms with Crippen LogP contribution in [-0.2, 0) is 0 Å². The highest BCUT2D eigenvalue weighted by molar-refractivity contribution is 5.94. The molecule has 1 aromatic heterocycles. The van der Waals surface area contributed by atoms with Gasteiger partial charge in [-0.1, -0.05) is 6.07 Å². The number of furan rings is 1. The zero-order valence-electron chi connectivity index (χ0n) is 11.1. The number of rotatable bonds is 5. The minimum Gasteiger partial charge on any atom is -0.467 e. The number of carbonyl (C=O) groups is 1. The van der Waals surface area contributed by atoms with Crippen LogP contribution < -0.4 is 10.1 Å². The molecule has 2 N–H and O–H groups in total. The topological polar surface area (TPSA) is 71.7 Å². The summed E-state index contributed by atoms with van der Waals surface area (Å²) in [6.07, 6.45) is -3.46. The Hall–Kier alpha value is -2.48. The summed E-state index contributed by atoms with van der Waals surface area (Å²) in [4.78, 5) is 12.0. The van der Waals surface area contributed by atoms with Crippen LogP contribution in [0.1, 0.15) is 22.2 Å². The molecule has 2 rings (SSSR count). The molecular formula is C14H12F3NO4. The largest absolute Gasteiger partial charge is 0.573 e. The molecule has 1 aromatic carbocycles. The van der Waals surface area contributed by atoms with Gasteiger partial charge in [0.15, 0.2) is 0 Å². The van der Waals surface area contributed by atoms with Gasteiger partial charge in [0.25, 0.3) is 5.91 Å². The number of alkyl halides is 3. The highest BCUT2D eigenvalue weighted by Gasteiger charge is 2.31. The van der Waals surface area contributed by atoms with Crippen molar-refractivity contribution in [1.29, 1.82) is 0 Å². The molecule has 1 amide bonds. The maximum atomic E-state index is 12.2. The predicted octanol–water partition coefficient (Wildman–Crippen LogP) is 2.64. The number of hydrogen-bond donors (Lipinski definition) is 2. The van der Waals surface area contributed by atoms with Crippen LogP contribution in [-0.4, -0.2) is 24.0 Å². The lowest BCUT2D eigenvalue weighted by Crippen LogP contribution is -2.30. The van der Waals surface area contributed by atoms with Crippen molar-refractivity contribution in [3.05, 3.63) is 54.0 Å². The first kappa shape index (κ1) is 15.9. The second-order valence-electron chi connectivity index (χ2n) is 4.30. The summed E-state index contributed by atoms with van der Waals surface area (Å²) in [5, 5.41) is 11.7. The summed E-state index contributed by atoms with van der Waals surface area (Å²) in [6.45, 7) is -0.419. The molecule has 2 aromatic rings. The highest BCUT2D eigenvalue weighted by atomic mass is 19.4. The van der Waals surface area contributed by atoms with Gasteiger partial charge in [0.1, 0.15) is 17.6 Å². The normalized spacial score (nSPS) is 12.7. The molecule has 0 radical (unpaired) electrons. The lowest BCUT2D eigenvalue weighted by Gasteiger charge is -2.14. The summed E-state index contributed by atoms with van der Waals surface area (Å²) in [5.74, 6) is -0.833. The van der Waals surface area contributed by atoms with Gasteiger partial charge in [0, 0.05) is 5.56 Å². The van der Waals surface area contributed by atoms with Gasteiger partial charge in [-0.2, -0.15) is 0 Å². The Bertz CT molecular complexity index is 625. The van der Waals surface area contributed by atoms with Gasteiger partial charge >= 0.3 is 6.36 Å². The van der Waals surface area contributed by atoms with E-state index in [1.54, 1.807) is 12.1 Å². The van der Waals surface area contributed by atoms with Crippen LogP contribution in [0.4, 0.5) is 13.2 Å². The first-order chi connectivity index (χ1) is 10.4. The number of hydrogen-bond acceptors (Lipinski definition) is 4. The number of benzene rings is 1. The van der Waals surface area contributed by atoms with Crippen LogP contribution in [0.5, 0.6) is 5.75 Å². The van der Waals surface area contributed by atoms with E-state index in [-0.39, 0.29) is 5.56 Å². The van der Waals surface area contributed by atoms with Crippen LogP contribution >= 0.6 is 0 Å². The second kappa shape index (κ2) is 6.52. The molecular weight excluding hydrogens is 303 g/mol. The Morgan fingerprint density at radius 1 is 1.32 bits per heavy atom. The fraction of sp³-hybridized carbons (Fsp3) is 0.214. The molecule has 0 saturated carbocycles.